The number of hydrogen-bond acceptors (Lipinski definition) is 5. The summed E-state index contributed by atoms with van der Waals surface area (Å²) in [6.45, 7) is 6.94. The Balaban J connectivity index is 2.75. The van der Waals surface area contributed by atoms with Crippen LogP contribution >= 0.6 is 0 Å². The van der Waals surface area contributed by atoms with Crippen molar-refractivity contribution in [1.82, 2.24) is 0 Å². The molecule has 1 aromatic rings. The molecule has 1 atom stereocenters. The van der Waals surface area contributed by atoms with E-state index in [9.17, 15) is 4.79 Å². The molecule has 0 saturated heterocycles. The minimum Gasteiger partial charge on any atom is -0.490 e. The second kappa shape index (κ2) is 8.30. The normalized spacial score (nSPS) is 11.6. The number of hydrogen-bond donors (Lipinski definition) is 1. The molecular weight excluding hydrogens is 258 g/mol. The van der Waals surface area contributed by atoms with Crippen molar-refractivity contribution in [1.29, 1.82) is 0 Å². The van der Waals surface area contributed by atoms with E-state index in [-0.39, 0.29) is 12.0 Å². The maximum atomic E-state index is 11.2. The molecule has 20 heavy (non-hydrogen) atoms. The number of nitrogens with one attached hydrogen (secondary N) is 1. The van der Waals surface area contributed by atoms with Crippen molar-refractivity contribution in [2.45, 2.75) is 33.2 Å². The Morgan fingerprint density at radius 1 is 1.20 bits per heavy atom. The molecule has 0 aromatic heterocycles. The zero-order chi connectivity index (χ0) is 15.0. The molecule has 0 fully saturated rings. The molecule has 5 nitrogen and oxygen atoms in total. The third kappa shape index (κ3) is 4.99. The molecule has 0 spiro atoms. The van der Waals surface area contributed by atoms with Gasteiger partial charge < -0.3 is 19.5 Å². The molecule has 1 aromatic carbocycles. The summed E-state index contributed by atoms with van der Waals surface area (Å²) in [5.41, 5.74) is 0.883. The highest BCUT2D eigenvalue weighted by Crippen LogP contribution is 2.31. The molecule has 1 rings (SSSR count). The van der Waals surface area contributed by atoms with Crippen LogP contribution in [0.25, 0.3) is 0 Å². The highest BCUT2D eigenvalue weighted by atomic mass is 16.5. The summed E-state index contributed by atoms with van der Waals surface area (Å²) < 4.78 is 15.7. The van der Waals surface area contributed by atoms with Gasteiger partial charge in [-0.1, -0.05) is 0 Å². The fourth-order valence-electron chi connectivity index (χ4n) is 1.81. The lowest BCUT2D eigenvalue weighted by molar-refractivity contribution is -0.140. The van der Waals surface area contributed by atoms with Crippen LogP contribution in [0.4, 0.5) is 5.69 Å². The van der Waals surface area contributed by atoms with Gasteiger partial charge in [-0.05, 0) is 32.9 Å². The van der Waals surface area contributed by atoms with Crippen LogP contribution in [-0.2, 0) is 9.53 Å². The van der Waals surface area contributed by atoms with Crippen molar-refractivity contribution in [2.24, 2.45) is 0 Å². The van der Waals surface area contributed by atoms with Crippen LogP contribution in [-0.4, -0.2) is 32.3 Å². The summed E-state index contributed by atoms with van der Waals surface area (Å²) in [4.78, 5) is 11.2. The van der Waals surface area contributed by atoms with E-state index in [2.05, 4.69) is 10.1 Å². The van der Waals surface area contributed by atoms with E-state index in [1.807, 2.05) is 39.0 Å². The molecule has 0 aliphatic carbocycles. The second-order valence-electron chi connectivity index (χ2n) is 4.35. The Bertz CT molecular complexity index is 434. The molecule has 0 bridgehead atoms. The van der Waals surface area contributed by atoms with Crippen LogP contribution in [0.1, 0.15) is 27.2 Å². The standard InChI is InChI=1S/C15H23NO4/c1-5-19-13-8-7-12(10-14(13)20-6-2)16-11(3)9-15(17)18-4/h7-8,10-11,16H,5-6,9H2,1-4H3. The molecule has 0 aliphatic heterocycles. The van der Waals surface area contributed by atoms with Crippen LogP contribution < -0.4 is 14.8 Å². The van der Waals surface area contributed by atoms with E-state index in [1.54, 1.807) is 0 Å². The van der Waals surface area contributed by atoms with Crippen molar-refractivity contribution in [2.75, 3.05) is 25.6 Å². The summed E-state index contributed by atoms with van der Waals surface area (Å²) >= 11 is 0. The van der Waals surface area contributed by atoms with Crippen LogP contribution in [0.2, 0.25) is 0 Å². The number of methoxy groups -OCH3 is 1. The fourth-order valence-corrected chi connectivity index (χ4v) is 1.81. The molecule has 0 radical (unpaired) electrons. The Labute approximate surface area is 120 Å². The molecule has 5 heteroatoms. The van der Waals surface area contributed by atoms with E-state index >= 15 is 0 Å². The van der Waals surface area contributed by atoms with Gasteiger partial charge >= 0.3 is 5.97 Å². The topological polar surface area (TPSA) is 56.8 Å². The maximum Gasteiger partial charge on any atom is 0.307 e. The SMILES string of the molecule is CCOc1ccc(NC(C)CC(=O)OC)cc1OCC. The van der Waals surface area contributed by atoms with Gasteiger partial charge in [-0.2, -0.15) is 0 Å². The number of rotatable bonds is 8. The molecule has 0 aliphatic rings. The number of anilines is 1. The summed E-state index contributed by atoms with van der Waals surface area (Å²) in [6.07, 6.45) is 0.313. The Morgan fingerprint density at radius 2 is 1.85 bits per heavy atom. The van der Waals surface area contributed by atoms with Crippen molar-refractivity contribution >= 4 is 11.7 Å². The average Bonchev–Trinajstić information content (AvgIpc) is 2.42. The quantitative estimate of drug-likeness (QED) is 0.743. The molecule has 0 saturated carbocycles. The molecule has 1 unspecified atom stereocenters. The summed E-state index contributed by atoms with van der Waals surface area (Å²) in [5, 5.41) is 3.24. The first-order valence-corrected chi connectivity index (χ1v) is 6.83. The minimum absolute atomic E-state index is 0.0186. The lowest BCUT2D eigenvalue weighted by Gasteiger charge is -2.16. The maximum absolute atomic E-state index is 11.2. The Morgan fingerprint density at radius 3 is 2.45 bits per heavy atom. The van der Waals surface area contributed by atoms with Crippen molar-refractivity contribution in [3.8, 4) is 11.5 Å². The first kappa shape index (κ1) is 16.1. The predicted molar refractivity (Wildman–Crippen MR) is 78.5 cm³/mol. The van der Waals surface area contributed by atoms with Gasteiger partial charge in [-0.15, -0.1) is 0 Å². The fraction of sp³-hybridized carbons (Fsp3) is 0.533. The van der Waals surface area contributed by atoms with E-state index < -0.39 is 0 Å². The van der Waals surface area contributed by atoms with E-state index in [0.717, 1.165) is 11.4 Å². The lowest BCUT2D eigenvalue weighted by Crippen LogP contribution is -2.20. The predicted octanol–water partition coefficient (Wildman–Crippen LogP) is 2.85. The summed E-state index contributed by atoms with van der Waals surface area (Å²) in [7, 11) is 1.39. The van der Waals surface area contributed by atoms with Gasteiger partial charge in [0.1, 0.15) is 0 Å². The van der Waals surface area contributed by atoms with Crippen molar-refractivity contribution in [3.05, 3.63) is 18.2 Å². The largest absolute Gasteiger partial charge is 0.490 e. The first-order valence-electron chi connectivity index (χ1n) is 6.83. The number of carbonyl (C=O) groups is 1. The van der Waals surface area contributed by atoms with Crippen LogP contribution in [0, 0.1) is 0 Å². The molecular formula is C15H23NO4. The molecule has 1 N–H and O–H groups in total. The highest BCUT2D eigenvalue weighted by Gasteiger charge is 2.11. The van der Waals surface area contributed by atoms with Gasteiger partial charge in [0.25, 0.3) is 0 Å². The van der Waals surface area contributed by atoms with Crippen LogP contribution in [0.15, 0.2) is 18.2 Å². The monoisotopic (exact) mass is 281 g/mol. The smallest absolute Gasteiger partial charge is 0.307 e. The second-order valence-corrected chi connectivity index (χ2v) is 4.35. The minimum atomic E-state index is -0.235. The molecule has 0 heterocycles. The highest BCUT2D eigenvalue weighted by molar-refractivity contribution is 5.70. The Kier molecular flexibility index (Phi) is 6.70. The summed E-state index contributed by atoms with van der Waals surface area (Å²) in [6, 6.07) is 5.63. The molecule has 0 amide bonds. The number of ether oxygens (including phenoxy) is 3. The number of carbonyl (C=O) groups excluding carboxylic acids is 1. The number of esters is 1. The van der Waals surface area contributed by atoms with Gasteiger partial charge in [-0.3, -0.25) is 4.79 Å². The average molecular weight is 281 g/mol. The van der Waals surface area contributed by atoms with Gasteiger partial charge in [-0.25, -0.2) is 0 Å². The number of benzene rings is 1. The zero-order valence-electron chi connectivity index (χ0n) is 12.6. The van der Waals surface area contributed by atoms with Crippen molar-refractivity contribution in [3.63, 3.8) is 0 Å². The zero-order valence-corrected chi connectivity index (χ0v) is 12.6. The van der Waals surface area contributed by atoms with Gasteiger partial charge in [0.2, 0.25) is 0 Å². The van der Waals surface area contributed by atoms with E-state index in [4.69, 9.17) is 9.47 Å². The molecule has 112 valence electrons. The van der Waals surface area contributed by atoms with E-state index in [0.29, 0.717) is 25.4 Å². The first-order chi connectivity index (χ1) is 9.60. The van der Waals surface area contributed by atoms with Gasteiger partial charge in [0.05, 0.1) is 26.7 Å². The third-order valence-electron chi connectivity index (χ3n) is 2.66. The van der Waals surface area contributed by atoms with E-state index in [1.165, 1.54) is 7.11 Å². The van der Waals surface area contributed by atoms with Gasteiger partial charge in [0, 0.05) is 17.8 Å². The lowest BCUT2D eigenvalue weighted by atomic mass is 10.2. The van der Waals surface area contributed by atoms with Gasteiger partial charge in [0.15, 0.2) is 11.5 Å². The van der Waals surface area contributed by atoms with Crippen molar-refractivity contribution < 1.29 is 19.0 Å². The van der Waals surface area contributed by atoms with Crippen LogP contribution in [0.5, 0.6) is 11.5 Å². The van der Waals surface area contributed by atoms with Crippen LogP contribution in [0.3, 0.4) is 0 Å². The third-order valence-corrected chi connectivity index (χ3v) is 2.66. The summed E-state index contributed by atoms with van der Waals surface area (Å²) in [5.74, 6) is 1.19. The Hall–Kier alpha value is -1.91.